The minimum atomic E-state index is -1.23. The fourth-order valence-corrected chi connectivity index (χ4v) is 2.07. The van der Waals surface area contributed by atoms with Crippen LogP contribution in [0.4, 0.5) is 0 Å². The van der Waals surface area contributed by atoms with Gasteiger partial charge in [-0.2, -0.15) is 0 Å². The third-order valence-corrected chi connectivity index (χ3v) is 3.24. The quantitative estimate of drug-likeness (QED) is 0.918. The molecular formula is C16H13ClNO3-. The molecule has 0 saturated heterocycles. The standard InChI is InChI=1S/C16H14ClNO3/c17-13-8-6-11(7-9-13)14(10-15(19)20)18-16(21)12-4-2-1-3-5-12/h1-9,14H,10H2,(H,18,21)(H,19,20)/p-1/t14-/m1/s1. The Bertz CT molecular complexity index is 626. The Morgan fingerprint density at radius 2 is 1.67 bits per heavy atom. The predicted octanol–water partition coefficient (Wildman–Crippen LogP) is 1.95. The van der Waals surface area contributed by atoms with Gasteiger partial charge in [0.1, 0.15) is 0 Å². The highest BCUT2D eigenvalue weighted by Gasteiger charge is 2.16. The van der Waals surface area contributed by atoms with Gasteiger partial charge >= 0.3 is 0 Å². The normalized spacial score (nSPS) is 11.7. The van der Waals surface area contributed by atoms with Gasteiger partial charge in [0.2, 0.25) is 0 Å². The Hall–Kier alpha value is -2.33. The van der Waals surface area contributed by atoms with Crippen LogP contribution in [0.25, 0.3) is 0 Å². The average molecular weight is 303 g/mol. The Morgan fingerprint density at radius 1 is 1.05 bits per heavy atom. The number of amides is 1. The van der Waals surface area contributed by atoms with Crippen LogP contribution in [0.1, 0.15) is 28.4 Å². The summed E-state index contributed by atoms with van der Waals surface area (Å²) in [5.41, 5.74) is 1.13. The summed E-state index contributed by atoms with van der Waals surface area (Å²) in [6.45, 7) is 0. The molecule has 0 saturated carbocycles. The Labute approximate surface area is 127 Å². The molecule has 0 bridgehead atoms. The predicted molar refractivity (Wildman–Crippen MR) is 77.7 cm³/mol. The van der Waals surface area contributed by atoms with Crippen LogP contribution in [0.15, 0.2) is 54.6 Å². The van der Waals surface area contributed by atoms with E-state index in [4.69, 9.17) is 11.6 Å². The maximum absolute atomic E-state index is 12.1. The Balaban J connectivity index is 2.18. The first-order valence-corrected chi connectivity index (χ1v) is 6.75. The smallest absolute Gasteiger partial charge is 0.251 e. The lowest BCUT2D eigenvalue weighted by Gasteiger charge is -2.20. The fraction of sp³-hybridized carbons (Fsp3) is 0.125. The number of carbonyl (C=O) groups excluding carboxylic acids is 2. The molecule has 1 amide bonds. The summed E-state index contributed by atoms with van der Waals surface area (Å²) in [4.78, 5) is 23.0. The van der Waals surface area contributed by atoms with Gasteiger partial charge in [0, 0.05) is 23.0 Å². The van der Waals surface area contributed by atoms with Crippen molar-refractivity contribution in [3.8, 4) is 0 Å². The maximum Gasteiger partial charge on any atom is 0.251 e. The van der Waals surface area contributed by atoms with Gasteiger partial charge < -0.3 is 15.2 Å². The summed E-state index contributed by atoms with van der Waals surface area (Å²) >= 11 is 5.81. The van der Waals surface area contributed by atoms with E-state index < -0.39 is 12.0 Å². The van der Waals surface area contributed by atoms with E-state index in [1.165, 1.54) is 0 Å². The number of carboxylic acid groups (broad SMARTS) is 1. The third-order valence-electron chi connectivity index (χ3n) is 2.98. The molecule has 0 radical (unpaired) electrons. The topological polar surface area (TPSA) is 69.2 Å². The molecule has 21 heavy (non-hydrogen) atoms. The SMILES string of the molecule is O=C([O-])C[C@@H](NC(=O)c1ccccc1)c1ccc(Cl)cc1. The molecule has 1 N–H and O–H groups in total. The van der Waals surface area contributed by atoms with Crippen LogP contribution in [0, 0.1) is 0 Å². The van der Waals surface area contributed by atoms with Gasteiger partial charge in [-0.25, -0.2) is 0 Å². The van der Waals surface area contributed by atoms with Crippen molar-refractivity contribution in [1.29, 1.82) is 0 Å². The minimum absolute atomic E-state index is 0.305. The fourth-order valence-electron chi connectivity index (χ4n) is 1.95. The molecule has 0 unspecified atom stereocenters. The van der Waals surface area contributed by atoms with E-state index >= 15 is 0 Å². The number of benzene rings is 2. The molecule has 0 aromatic heterocycles. The highest BCUT2D eigenvalue weighted by Crippen LogP contribution is 2.19. The second kappa shape index (κ2) is 6.90. The van der Waals surface area contributed by atoms with E-state index in [1.807, 2.05) is 0 Å². The van der Waals surface area contributed by atoms with Crippen molar-refractivity contribution in [2.45, 2.75) is 12.5 Å². The van der Waals surface area contributed by atoms with Crippen molar-refractivity contribution in [2.24, 2.45) is 0 Å². The molecule has 2 aromatic carbocycles. The van der Waals surface area contributed by atoms with Crippen molar-refractivity contribution >= 4 is 23.5 Å². The molecule has 0 heterocycles. The lowest BCUT2D eigenvalue weighted by molar-refractivity contribution is -0.306. The summed E-state index contributed by atoms with van der Waals surface area (Å²) in [5.74, 6) is -1.57. The first-order chi connectivity index (χ1) is 10.1. The molecule has 2 rings (SSSR count). The van der Waals surface area contributed by atoms with Gasteiger partial charge in [-0.1, -0.05) is 41.9 Å². The van der Waals surface area contributed by atoms with Gasteiger partial charge in [-0.3, -0.25) is 4.79 Å². The van der Waals surface area contributed by atoms with E-state index in [-0.39, 0.29) is 12.3 Å². The number of carbonyl (C=O) groups is 2. The van der Waals surface area contributed by atoms with E-state index in [2.05, 4.69) is 5.32 Å². The van der Waals surface area contributed by atoms with Crippen LogP contribution in [-0.2, 0) is 4.79 Å². The molecule has 1 atom stereocenters. The van der Waals surface area contributed by atoms with Crippen molar-refractivity contribution < 1.29 is 14.7 Å². The molecule has 5 heteroatoms. The summed E-state index contributed by atoms with van der Waals surface area (Å²) in [5, 5.41) is 14.1. The lowest BCUT2D eigenvalue weighted by atomic mass is 10.0. The van der Waals surface area contributed by atoms with Crippen LogP contribution in [-0.4, -0.2) is 11.9 Å². The third kappa shape index (κ3) is 4.33. The van der Waals surface area contributed by atoms with Gasteiger partial charge in [-0.05, 0) is 29.8 Å². The van der Waals surface area contributed by atoms with Gasteiger partial charge in [0.25, 0.3) is 5.91 Å². The first kappa shape index (κ1) is 15.1. The number of halogens is 1. The summed E-state index contributed by atoms with van der Waals surface area (Å²) in [6, 6.07) is 14.6. The molecule has 108 valence electrons. The van der Waals surface area contributed by atoms with Crippen molar-refractivity contribution in [3.63, 3.8) is 0 Å². The van der Waals surface area contributed by atoms with E-state index in [9.17, 15) is 14.7 Å². The highest BCUT2D eigenvalue weighted by atomic mass is 35.5. The number of hydrogen-bond acceptors (Lipinski definition) is 3. The van der Waals surface area contributed by atoms with Crippen molar-refractivity contribution in [3.05, 3.63) is 70.7 Å². The zero-order valence-electron chi connectivity index (χ0n) is 11.1. The molecule has 0 aliphatic heterocycles. The molecule has 4 nitrogen and oxygen atoms in total. The zero-order valence-corrected chi connectivity index (χ0v) is 11.8. The van der Waals surface area contributed by atoms with E-state index in [0.717, 1.165) is 0 Å². The second-order valence-corrected chi connectivity index (χ2v) is 4.96. The van der Waals surface area contributed by atoms with Gasteiger partial charge in [0.15, 0.2) is 0 Å². The molecule has 0 aliphatic rings. The Kier molecular flexibility index (Phi) is 4.95. The highest BCUT2D eigenvalue weighted by molar-refractivity contribution is 6.30. The molecular weight excluding hydrogens is 290 g/mol. The lowest BCUT2D eigenvalue weighted by Crippen LogP contribution is -2.34. The van der Waals surface area contributed by atoms with Crippen molar-refractivity contribution in [2.75, 3.05) is 0 Å². The van der Waals surface area contributed by atoms with E-state index in [0.29, 0.717) is 16.1 Å². The molecule has 0 aliphatic carbocycles. The summed E-state index contributed by atoms with van der Waals surface area (Å²) < 4.78 is 0. The van der Waals surface area contributed by atoms with Gasteiger partial charge in [0.05, 0.1) is 6.04 Å². The average Bonchev–Trinajstić information content (AvgIpc) is 2.48. The summed E-state index contributed by atoms with van der Waals surface area (Å²) in [7, 11) is 0. The number of hydrogen-bond donors (Lipinski definition) is 1. The van der Waals surface area contributed by atoms with Crippen LogP contribution >= 0.6 is 11.6 Å². The zero-order chi connectivity index (χ0) is 15.2. The number of aliphatic carboxylic acids is 1. The second-order valence-electron chi connectivity index (χ2n) is 4.52. The molecule has 0 fully saturated rings. The largest absolute Gasteiger partial charge is 0.550 e. The van der Waals surface area contributed by atoms with Crippen LogP contribution in [0.5, 0.6) is 0 Å². The molecule has 0 spiro atoms. The monoisotopic (exact) mass is 302 g/mol. The van der Waals surface area contributed by atoms with Crippen molar-refractivity contribution in [1.82, 2.24) is 5.32 Å². The first-order valence-electron chi connectivity index (χ1n) is 6.37. The maximum atomic E-state index is 12.1. The molecule has 2 aromatic rings. The van der Waals surface area contributed by atoms with Gasteiger partial charge in [-0.15, -0.1) is 0 Å². The van der Waals surface area contributed by atoms with Crippen LogP contribution < -0.4 is 10.4 Å². The minimum Gasteiger partial charge on any atom is -0.550 e. The number of carboxylic acids is 1. The number of rotatable bonds is 5. The van der Waals surface area contributed by atoms with Crippen LogP contribution in [0.2, 0.25) is 5.02 Å². The summed E-state index contributed by atoms with van der Waals surface area (Å²) in [6.07, 6.45) is -0.305. The Morgan fingerprint density at radius 3 is 2.24 bits per heavy atom. The van der Waals surface area contributed by atoms with E-state index in [1.54, 1.807) is 54.6 Å². The number of nitrogens with one attached hydrogen (secondary N) is 1. The van der Waals surface area contributed by atoms with Crippen LogP contribution in [0.3, 0.4) is 0 Å².